The minimum absolute atomic E-state index is 0.0256. The molecule has 8 nitrogen and oxygen atoms in total. The molecule has 0 radical (unpaired) electrons. The van der Waals surface area contributed by atoms with E-state index in [1.165, 1.54) is 0 Å². The number of carbonyl (C=O) groups is 2. The zero-order valence-electron chi connectivity index (χ0n) is 18.1. The monoisotopic (exact) mass is 434 g/mol. The van der Waals surface area contributed by atoms with Crippen LogP contribution < -0.4 is 9.64 Å². The zero-order chi connectivity index (χ0) is 22.1. The molecule has 2 amide bonds. The fourth-order valence-electron chi connectivity index (χ4n) is 4.59. The number of aromatic nitrogens is 2. The number of para-hydroxylation sites is 4. The quantitative estimate of drug-likeness (QED) is 0.617. The van der Waals surface area contributed by atoms with Crippen LogP contribution in [0.1, 0.15) is 18.2 Å². The SMILES string of the molecule is COc1ccccc1N1CC(c2nc3ccccc3n2CC(=O)N2CCOCC2)CC1=O. The average molecular weight is 434 g/mol. The van der Waals surface area contributed by atoms with Gasteiger partial charge in [-0.3, -0.25) is 9.59 Å². The van der Waals surface area contributed by atoms with Gasteiger partial charge in [0.2, 0.25) is 11.8 Å². The van der Waals surface area contributed by atoms with E-state index in [1.807, 2.05) is 58.0 Å². The van der Waals surface area contributed by atoms with Crippen molar-refractivity contribution >= 4 is 28.5 Å². The van der Waals surface area contributed by atoms with E-state index in [4.69, 9.17) is 14.5 Å². The largest absolute Gasteiger partial charge is 0.495 e. The highest BCUT2D eigenvalue weighted by Crippen LogP contribution is 2.37. The van der Waals surface area contributed by atoms with Crippen molar-refractivity contribution < 1.29 is 19.1 Å². The van der Waals surface area contributed by atoms with E-state index in [9.17, 15) is 9.59 Å². The minimum atomic E-state index is -0.114. The van der Waals surface area contributed by atoms with Crippen molar-refractivity contribution in [2.75, 3.05) is 44.9 Å². The van der Waals surface area contributed by atoms with Gasteiger partial charge in [-0.15, -0.1) is 0 Å². The molecule has 0 bridgehead atoms. The maximum absolute atomic E-state index is 13.0. The topological polar surface area (TPSA) is 76.9 Å². The molecule has 0 N–H and O–H groups in total. The van der Waals surface area contributed by atoms with Gasteiger partial charge in [-0.25, -0.2) is 4.98 Å². The number of amides is 2. The van der Waals surface area contributed by atoms with Crippen LogP contribution in [0.4, 0.5) is 5.69 Å². The van der Waals surface area contributed by atoms with Crippen LogP contribution in [0.25, 0.3) is 11.0 Å². The third-order valence-corrected chi connectivity index (χ3v) is 6.21. The van der Waals surface area contributed by atoms with Crippen molar-refractivity contribution in [1.82, 2.24) is 14.5 Å². The molecule has 2 aliphatic rings. The summed E-state index contributed by atoms with van der Waals surface area (Å²) in [5, 5.41) is 0. The summed E-state index contributed by atoms with van der Waals surface area (Å²) in [4.78, 5) is 34.5. The molecule has 2 aliphatic heterocycles. The number of carbonyl (C=O) groups excluding carboxylic acids is 2. The molecule has 1 unspecified atom stereocenters. The molecule has 2 fully saturated rings. The summed E-state index contributed by atoms with van der Waals surface area (Å²) >= 11 is 0. The van der Waals surface area contributed by atoms with Crippen LogP contribution in [-0.2, 0) is 20.9 Å². The van der Waals surface area contributed by atoms with Crippen molar-refractivity contribution in [2.45, 2.75) is 18.9 Å². The molecule has 166 valence electrons. The number of rotatable bonds is 5. The molecule has 1 aromatic heterocycles. The van der Waals surface area contributed by atoms with Crippen molar-refractivity contribution in [3.8, 4) is 5.75 Å². The lowest BCUT2D eigenvalue weighted by molar-refractivity contribution is -0.135. The molecule has 3 aromatic rings. The summed E-state index contributed by atoms with van der Waals surface area (Å²) in [7, 11) is 1.60. The third-order valence-electron chi connectivity index (χ3n) is 6.21. The predicted octanol–water partition coefficient (Wildman–Crippen LogP) is 2.42. The van der Waals surface area contributed by atoms with Crippen LogP contribution in [0.2, 0.25) is 0 Å². The van der Waals surface area contributed by atoms with Crippen molar-refractivity contribution in [3.63, 3.8) is 0 Å². The van der Waals surface area contributed by atoms with Crippen LogP contribution in [-0.4, -0.2) is 66.2 Å². The first-order chi connectivity index (χ1) is 15.7. The van der Waals surface area contributed by atoms with Crippen molar-refractivity contribution in [1.29, 1.82) is 0 Å². The van der Waals surface area contributed by atoms with E-state index in [0.29, 0.717) is 45.0 Å². The Balaban J connectivity index is 1.47. The second-order valence-electron chi connectivity index (χ2n) is 8.12. The summed E-state index contributed by atoms with van der Waals surface area (Å²) < 4.78 is 12.8. The van der Waals surface area contributed by atoms with E-state index in [0.717, 1.165) is 22.5 Å². The predicted molar refractivity (Wildman–Crippen MR) is 120 cm³/mol. The number of ether oxygens (including phenoxy) is 2. The van der Waals surface area contributed by atoms with E-state index < -0.39 is 0 Å². The first-order valence-electron chi connectivity index (χ1n) is 10.9. The van der Waals surface area contributed by atoms with Crippen LogP contribution in [0.3, 0.4) is 0 Å². The second-order valence-corrected chi connectivity index (χ2v) is 8.12. The summed E-state index contributed by atoms with van der Waals surface area (Å²) in [5.41, 5.74) is 2.50. The summed E-state index contributed by atoms with van der Waals surface area (Å²) in [6, 6.07) is 15.3. The molecule has 2 saturated heterocycles. The van der Waals surface area contributed by atoms with E-state index in [1.54, 1.807) is 12.0 Å². The van der Waals surface area contributed by atoms with Crippen LogP contribution in [0.5, 0.6) is 5.75 Å². The van der Waals surface area contributed by atoms with E-state index >= 15 is 0 Å². The number of benzene rings is 2. The van der Waals surface area contributed by atoms with Crippen molar-refractivity contribution in [3.05, 3.63) is 54.4 Å². The van der Waals surface area contributed by atoms with Gasteiger partial charge in [0, 0.05) is 32.0 Å². The molecule has 32 heavy (non-hydrogen) atoms. The number of anilines is 1. The summed E-state index contributed by atoms with van der Waals surface area (Å²) in [6.45, 7) is 3.03. The highest BCUT2D eigenvalue weighted by Gasteiger charge is 2.36. The minimum Gasteiger partial charge on any atom is -0.495 e. The number of fused-ring (bicyclic) bond motifs is 1. The molecule has 8 heteroatoms. The molecule has 2 aromatic carbocycles. The lowest BCUT2D eigenvalue weighted by atomic mass is 10.1. The smallest absolute Gasteiger partial charge is 0.242 e. The summed E-state index contributed by atoms with van der Waals surface area (Å²) in [6.07, 6.45) is 0.340. The Morgan fingerprint density at radius 3 is 2.69 bits per heavy atom. The van der Waals surface area contributed by atoms with Gasteiger partial charge in [0.15, 0.2) is 0 Å². The number of hydrogen-bond acceptors (Lipinski definition) is 5. The van der Waals surface area contributed by atoms with Gasteiger partial charge in [0.05, 0.1) is 37.0 Å². The van der Waals surface area contributed by atoms with Gasteiger partial charge < -0.3 is 23.8 Å². The average Bonchev–Trinajstić information content (AvgIpc) is 3.40. The first kappa shape index (κ1) is 20.5. The molecular formula is C24H26N4O4. The standard InChI is InChI=1S/C24H26N4O4/c1-31-21-9-5-4-8-20(21)27-15-17(14-22(27)29)24-25-18-6-2-3-7-19(18)28(24)16-23(30)26-10-12-32-13-11-26/h2-9,17H,10-16H2,1H3. The fraction of sp³-hybridized carbons (Fsp3) is 0.375. The highest BCUT2D eigenvalue weighted by molar-refractivity contribution is 5.98. The first-order valence-corrected chi connectivity index (χ1v) is 10.9. The van der Waals surface area contributed by atoms with Crippen LogP contribution >= 0.6 is 0 Å². The molecule has 0 saturated carbocycles. The maximum atomic E-state index is 13.0. The van der Waals surface area contributed by atoms with Crippen LogP contribution in [0, 0.1) is 0 Å². The van der Waals surface area contributed by atoms with E-state index in [2.05, 4.69) is 0 Å². The number of hydrogen-bond donors (Lipinski definition) is 0. The number of imidazole rings is 1. The van der Waals surface area contributed by atoms with Gasteiger partial charge in [0.1, 0.15) is 18.1 Å². The Labute approximate surface area is 186 Å². The Morgan fingerprint density at radius 1 is 1.12 bits per heavy atom. The molecule has 3 heterocycles. The normalized spacial score (nSPS) is 19.0. The summed E-state index contributed by atoms with van der Waals surface area (Å²) in [5.74, 6) is 1.40. The Hall–Kier alpha value is -3.39. The Morgan fingerprint density at radius 2 is 1.88 bits per heavy atom. The molecular weight excluding hydrogens is 408 g/mol. The Bertz CT molecular complexity index is 1150. The van der Waals surface area contributed by atoms with Gasteiger partial charge in [-0.05, 0) is 24.3 Å². The van der Waals surface area contributed by atoms with Gasteiger partial charge in [-0.1, -0.05) is 24.3 Å². The maximum Gasteiger partial charge on any atom is 0.242 e. The molecule has 1 atom stereocenters. The third kappa shape index (κ3) is 3.71. The van der Waals surface area contributed by atoms with Crippen molar-refractivity contribution in [2.24, 2.45) is 0 Å². The number of methoxy groups -OCH3 is 1. The molecule has 0 spiro atoms. The second kappa shape index (κ2) is 8.63. The van der Waals surface area contributed by atoms with Gasteiger partial charge in [-0.2, -0.15) is 0 Å². The van der Waals surface area contributed by atoms with Gasteiger partial charge >= 0.3 is 0 Å². The number of nitrogens with zero attached hydrogens (tertiary/aromatic N) is 4. The fourth-order valence-corrected chi connectivity index (χ4v) is 4.59. The van der Waals surface area contributed by atoms with Crippen LogP contribution in [0.15, 0.2) is 48.5 Å². The lowest BCUT2D eigenvalue weighted by Gasteiger charge is -2.27. The van der Waals surface area contributed by atoms with E-state index in [-0.39, 0.29) is 24.3 Å². The number of morpholine rings is 1. The highest BCUT2D eigenvalue weighted by atomic mass is 16.5. The lowest BCUT2D eigenvalue weighted by Crippen LogP contribution is -2.42. The zero-order valence-corrected chi connectivity index (χ0v) is 18.1. The molecule has 0 aliphatic carbocycles. The Kier molecular flexibility index (Phi) is 5.53. The molecule has 5 rings (SSSR count). The van der Waals surface area contributed by atoms with Gasteiger partial charge in [0.25, 0.3) is 0 Å².